The number of amides is 1. The van der Waals surface area contributed by atoms with Crippen LogP contribution in [0.2, 0.25) is 0 Å². The van der Waals surface area contributed by atoms with Crippen LogP contribution in [0, 0.1) is 5.82 Å². The SMILES string of the molecule is O=C(NS(=O)(=O)C=Cc1ccc(C(F)(F)F)cc1)c1ccc(F)cc1C(F)(F)F. The lowest BCUT2D eigenvalue weighted by molar-refractivity contribution is -0.138. The number of nitrogens with one attached hydrogen (secondary N) is 1. The summed E-state index contributed by atoms with van der Waals surface area (Å²) in [4.78, 5) is 11.9. The van der Waals surface area contributed by atoms with Gasteiger partial charge in [-0.15, -0.1) is 0 Å². The molecule has 0 aliphatic rings. The van der Waals surface area contributed by atoms with Crippen molar-refractivity contribution in [2.24, 2.45) is 0 Å². The highest BCUT2D eigenvalue weighted by molar-refractivity contribution is 7.93. The number of hydrogen-bond donors (Lipinski definition) is 1. The van der Waals surface area contributed by atoms with E-state index >= 15 is 0 Å². The molecule has 1 N–H and O–H groups in total. The Labute approximate surface area is 159 Å². The molecule has 12 heteroatoms. The molecular formula is C17H10F7NO3S. The minimum absolute atomic E-state index is 0.0218. The normalized spacial score (nSPS) is 12.9. The van der Waals surface area contributed by atoms with Crippen molar-refractivity contribution in [3.63, 3.8) is 0 Å². The van der Waals surface area contributed by atoms with Crippen LogP contribution in [0.1, 0.15) is 27.0 Å². The lowest BCUT2D eigenvalue weighted by Gasteiger charge is -2.12. The highest BCUT2D eigenvalue weighted by Crippen LogP contribution is 2.32. The van der Waals surface area contributed by atoms with Crippen molar-refractivity contribution in [1.82, 2.24) is 4.72 Å². The molecule has 1 amide bonds. The first-order valence-electron chi connectivity index (χ1n) is 7.48. The molecule has 29 heavy (non-hydrogen) atoms. The summed E-state index contributed by atoms with van der Waals surface area (Å²) >= 11 is 0. The maximum atomic E-state index is 13.1. The maximum Gasteiger partial charge on any atom is 0.417 e. The van der Waals surface area contributed by atoms with Crippen LogP contribution in [-0.2, 0) is 22.4 Å². The fourth-order valence-corrected chi connectivity index (χ4v) is 2.89. The zero-order valence-corrected chi connectivity index (χ0v) is 14.8. The van der Waals surface area contributed by atoms with Gasteiger partial charge in [-0.3, -0.25) is 4.79 Å². The van der Waals surface area contributed by atoms with Crippen molar-refractivity contribution in [3.8, 4) is 0 Å². The topological polar surface area (TPSA) is 63.2 Å². The van der Waals surface area contributed by atoms with Gasteiger partial charge >= 0.3 is 12.4 Å². The van der Waals surface area contributed by atoms with Gasteiger partial charge in [0.05, 0.1) is 22.1 Å². The summed E-state index contributed by atoms with van der Waals surface area (Å²) in [5.41, 5.74) is -3.74. The molecule has 0 aliphatic heterocycles. The summed E-state index contributed by atoms with van der Waals surface area (Å²) in [6.45, 7) is 0. The Kier molecular flexibility index (Phi) is 6.07. The van der Waals surface area contributed by atoms with Crippen LogP contribution >= 0.6 is 0 Å². The van der Waals surface area contributed by atoms with E-state index in [9.17, 15) is 43.9 Å². The van der Waals surface area contributed by atoms with E-state index in [2.05, 4.69) is 0 Å². The lowest BCUT2D eigenvalue weighted by atomic mass is 10.1. The highest BCUT2D eigenvalue weighted by atomic mass is 32.2. The second-order valence-electron chi connectivity index (χ2n) is 5.59. The van der Waals surface area contributed by atoms with E-state index in [-0.39, 0.29) is 11.6 Å². The van der Waals surface area contributed by atoms with E-state index in [0.29, 0.717) is 29.7 Å². The number of sulfonamides is 1. The standard InChI is InChI=1S/C17H10F7NO3S/c18-12-5-6-13(14(9-12)17(22,23)24)15(26)25-29(27,28)8-7-10-1-3-11(4-2-10)16(19,20)21/h1-9H,(H,25,26). The van der Waals surface area contributed by atoms with Gasteiger partial charge in [-0.05, 0) is 42.0 Å². The summed E-state index contributed by atoms with van der Waals surface area (Å²) in [7, 11) is -4.60. The summed E-state index contributed by atoms with van der Waals surface area (Å²) in [5, 5.41) is 0.393. The number of alkyl halides is 6. The summed E-state index contributed by atoms with van der Waals surface area (Å²) in [5.74, 6) is -2.94. The monoisotopic (exact) mass is 441 g/mol. The smallest absolute Gasteiger partial charge is 0.268 e. The van der Waals surface area contributed by atoms with E-state index in [1.54, 1.807) is 0 Å². The summed E-state index contributed by atoms with van der Waals surface area (Å²) in [6.07, 6.45) is -8.87. The summed E-state index contributed by atoms with van der Waals surface area (Å²) in [6, 6.07) is 4.37. The van der Waals surface area contributed by atoms with Gasteiger partial charge in [-0.25, -0.2) is 17.5 Å². The van der Waals surface area contributed by atoms with E-state index < -0.39 is 50.8 Å². The number of carbonyl (C=O) groups excluding carboxylic acids is 1. The zero-order chi connectivity index (χ0) is 22.0. The third kappa shape index (κ3) is 6.04. The van der Waals surface area contributed by atoms with E-state index in [0.717, 1.165) is 18.2 Å². The molecular weight excluding hydrogens is 431 g/mol. The van der Waals surface area contributed by atoms with Crippen molar-refractivity contribution in [2.75, 3.05) is 0 Å². The minimum Gasteiger partial charge on any atom is -0.268 e. The Morgan fingerprint density at radius 1 is 0.897 bits per heavy atom. The van der Waals surface area contributed by atoms with Gasteiger partial charge in [0.15, 0.2) is 0 Å². The van der Waals surface area contributed by atoms with Gasteiger partial charge in [0.25, 0.3) is 15.9 Å². The molecule has 0 aliphatic carbocycles. The largest absolute Gasteiger partial charge is 0.417 e. The molecule has 0 saturated carbocycles. The molecule has 0 aromatic heterocycles. The van der Waals surface area contributed by atoms with E-state index in [4.69, 9.17) is 0 Å². The van der Waals surface area contributed by atoms with Crippen LogP contribution in [0.25, 0.3) is 6.08 Å². The Hall–Kier alpha value is -2.89. The lowest BCUT2D eigenvalue weighted by Crippen LogP contribution is -2.30. The quantitative estimate of drug-likeness (QED) is 0.706. The van der Waals surface area contributed by atoms with Crippen LogP contribution in [0.4, 0.5) is 30.7 Å². The Balaban J connectivity index is 2.22. The van der Waals surface area contributed by atoms with Crippen LogP contribution in [-0.4, -0.2) is 14.3 Å². The molecule has 0 spiro atoms. The Morgan fingerprint density at radius 2 is 1.48 bits per heavy atom. The number of hydrogen-bond acceptors (Lipinski definition) is 3. The molecule has 0 saturated heterocycles. The minimum atomic E-state index is -5.12. The molecule has 2 aromatic carbocycles. The number of carbonyl (C=O) groups is 1. The number of halogens is 7. The van der Waals surface area contributed by atoms with Gasteiger partial charge in [0.2, 0.25) is 0 Å². The molecule has 0 fully saturated rings. The molecule has 0 radical (unpaired) electrons. The third-order valence-corrected chi connectivity index (χ3v) is 4.41. The second-order valence-corrected chi connectivity index (χ2v) is 7.15. The molecule has 2 rings (SSSR count). The third-order valence-electron chi connectivity index (χ3n) is 3.44. The highest BCUT2D eigenvalue weighted by Gasteiger charge is 2.36. The molecule has 0 bridgehead atoms. The van der Waals surface area contributed by atoms with Crippen molar-refractivity contribution in [3.05, 3.63) is 75.9 Å². The Bertz CT molecular complexity index is 1040. The molecule has 0 unspecified atom stereocenters. The van der Waals surface area contributed by atoms with E-state index in [1.807, 2.05) is 0 Å². The predicted molar refractivity (Wildman–Crippen MR) is 88.3 cm³/mol. The van der Waals surface area contributed by atoms with Gasteiger partial charge in [0, 0.05) is 0 Å². The first-order chi connectivity index (χ1) is 13.2. The van der Waals surface area contributed by atoms with Crippen LogP contribution in [0.5, 0.6) is 0 Å². The van der Waals surface area contributed by atoms with Gasteiger partial charge in [0.1, 0.15) is 5.82 Å². The maximum absolute atomic E-state index is 13.1. The zero-order valence-electron chi connectivity index (χ0n) is 14.0. The number of benzene rings is 2. The average molecular weight is 441 g/mol. The van der Waals surface area contributed by atoms with Crippen molar-refractivity contribution in [1.29, 1.82) is 0 Å². The molecule has 2 aromatic rings. The predicted octanol–water partition coefficient (Wildman–Crippen LogP) is 4.59. The molecule has 0 atom stereocenters. The first kappa shape index (κ1) is 22.4. The van der Waals surface area contributed by atoms with Crippen molar-refractivity contribution in [2.45, 2.75) is 12.4 Å². The average Bonchev–Trinajstić information content (AvgIpc) is 2.58. The van der Waals surface area contributed by atoms with Crippen molar-refractivity contribution >= 4 is 22.0 Å². The summed E-state index contributed by atoms with van der Waals surface area (Å²) < 4.78 is 114. The van der Waals surface area contributed by atoms with Gasteiger partial charge in [-0.1, -0.05) is 12.1 Å². The number of rotatable bonds is 4. The Morgan fingerprint density at radius 3 is 2.00 bits per heavy atom. The second kappa shape index (κ2) is 7.85. The van der Waals surface area contributed by atoms with E-state index in [1.165, 1.54) is 4.72 Å². The van der Waals surface area contributed by atoms with Gasteiger partial charge in [-0.2, -0.15) is 26.3 Å². The van der Waals surface area contributed by atoms with Crippen LogP contribution in [0.15, 0.2) is 47.9 Å². The van der Waals surface area contributed by atoms with Gasteiger partial charge < -0.3 is 0 Å². The molecule has 4 nitrogen and oxygen atoms in total. The first-order valence-corrected chi connectivity index (χ1v) is 9.03. The molecule has 0 heterocycles. The molecule has 156 valence electrons. The fourth-order valence-electron chi connectivity index (χ4n) is 2.12. The fraction of sp³-hybridized carbons (Fsp3) is 0.118. The van der Waals surface area contributed by atoms with Crippen LogP contribution < -0.4 is 4.72 Å². The van der Waals surface area contributed by atoms with Crippen LogP contribution in [0.3, 0.4) is 0 Å². The van der Waals surface area contributed by atoms with Crippen molar-refractivity contribution < 1.29 is 43.9 Å².